The molecule has 1 aromatic carbocycles. The van der Waals surface area contributed by atoms with Crippen LogP contribution in [-0.4, -0.2) is 34.2 Å². The van der Waals surface area contributed by atoms with Crippen molar-refractivity contribution in [2.24, 2.45) is 0 Å². The molecule has 0 spiro atoms. The van der Waals surface area contributed by atoms with Gasteiger partial charge in [0.1, 0.15) is 11.7 Å². The third-order valence-corrected chi connectivity index (χ3v) is 3.87. The molecule has 0 aliphatic carbocycles. The van der Waals surface area contributed by atoms with Gasteiger partial charge in [-0.3, -0.25) is 4.79 Å². The van der Waals surface area contributed by atoms with Crippen LogP contribution >= 0.6 is 11.3 Å². The molecular weight excluding hydrogens is 345 g/mol. The van der Waals surface area contributed by atoms with Gasteiger partial charge in [-0.2, -0.15) is 13.2 Å². The molecule has 1 atom stereocenters. The molecule has 2 aromatic rings. The van der Waals surface area contributed by atoms with Crippen molar-refractivity contribution in [3.63, 3.8) is 0 Å². The van der Waals surface area contributed by atoms with Crippen LogP contribution in [0, 0.1) is 0 Å². The van der Waals surface area contributed by atoms with Gasteiger partial charge < -0.3 is 10.4 Å². The lowest BCUT2D eigenvalue weighted by Gasteiger charge is -2.15. The maximum atomic E-state index is 12.3. The van der Waals surface area contributed by atoms with Crippen LogP contribution in [0.2, 0.25) is 0 Å². The maximum Gasteiger partial charge on any atom is 0.391 e. The van der Waals surface area contributed by atoms with E-state index in [1.807, 2.05) is 35.6 Å². The summed E-state index contributed by atoms with van der Waals surface area (Å²) in [5.41, 5.74) is 0.874. The van der Waals surface area contributed by atoms with Crippen molar-refractivity contribution < 1.29 is 27.9 Å². The lowest BCUT2D eigenvalue weighted by Crippen LogP contribution is -2.43. The smallest absolute Gasteiger partial charge is 0.391 e. The Morgan fingerprint density at radius 1 is 1.25 bits per heavy atom. The van der Waals surface area contributed by atoms with E-state index >= 15 is 0 Å². The van der Waals surface area contributed by atoms with E-state index in [0.717, 1.165) is 5.56 Å². The Morgan fingerprint density at radius 3 is 2.50 bits per heavy atom. The van der Waals surface area contributed by atoms with Gasteiger partial charge >= 0.3 is 12.1 Å². The van der Waals surface area contributed by atoms with Gasteiger partial charge in [0, 0.05) is 11.8 Å². The Bertz CT molecular complexity index is 716. The van der Waals surface area contributed by atoms with Crippen LogP contribution in [0.5, 0.6) is 0 Å². The molecule has 0 fully saturated rings. The van der Waals surface area contributed by atoms with Crippen molar-refractivity contribution in [3.05, 3.63) is 52.0 Å². The van der Waals surface area contributed by atoms with Gasteiger partial charge in [-0.15, -0.1) is 11.3 Å². The molecule has 5 nitrogen and oxygen atoms in total. The number of nitrogens with one attached hydrogen (secondary N) is 1. The predicted octanol–water partition coefficient (Wildman–Crippen LogP) is 2.87. The van der Waals surface area contributed by atoms with Crippen molar-refractivity contribution in [1.82, 2.24) is 10.3 Å². The minimum Gasteiger partial charge on any atom is -0.480 e. The minimum atomic E-state index is -4.70. The molecule has 1 aromatic heterocycles. The van der Waals surface area contributed by atoms with E-state index in [4.69, 9.17) is 5.11 Å². The normalized spacial score (nSPS) is 12.6. The number of amides is 1. The highest BCUT2D eigenvalue weighted by Gasteiger charge is 2.36. The summed E-state index contributed by atoms with van der Waals surface area (Å²) in [6.45, 7) is 0. The van der Waals surface area contributed by atoms with Gasteiger partial charge in [-0.05, 0) is 5.56 Å². The first-order chi connectivity index (χ1) is 11.2. The van der Waals surface area contributed by atoms with E-state index in [9.17, 15) is 22.8 Å². The molecular formula is C15H13F3N2O3S. The summed E-state index contributed by atoms with van der Waals surface area (Å²) in [5.74, 6) is -2.69. The fourth-order valence-electron chi connectivity index (χ4n) is 1.93. The number of hydrogen-bond acceptors (Lipinski definition) is 4. The van der Waals surface area contributed by atoms with Gasteiger partial charge in [0.2, 0.25) is 0 Å². The van der Waals surface area contributed by atoms with Crippen LogP contribution < -0.4 is 5.32 Å². The number of carboxylic acid groups (broad SMARTS) is 1. The van der Waals surface area contributed by atoms with Crippen LogP contribution in [0.4, 0.5) is 13.2 Å². The number of rotatable bonds is 6. The molecule has 0 radical (unpaired) electrons. The van der Waals surface area contributed by atoms with Gasteiger partial charge in [0.15, 0.2) is 0 Å². The second-order valence-corrected chi connectivity index (χ2v) is 5.92. The van der Waals surface area contributed by atoms with Crippen LogP contribution in [-0.2, 0) is 11.2 Å². The summed E-state index contributed by atoms with van der Waals surface area (Å²) >= 11 is 1.18. The molecule has 128 valence electrons. The summed E-state index contributed by atoms with van der Waals surface area (Å²) < 4.78 is 37.0. The highest BCUT2D eigenvalue weighted by atomic mass is 32.1. The first-order valence-electron chi connectivity index (χ1n) is 6.83. The number of carbonyl (C=O) groups is 2. The molecule has 2 N–H and O–H groups in total. The van der Waals surface area contributed by atoms with Gasteiger partial charge in [0.25, 0.3) is 5.91 Å². The summed E-state index contributed by atoms with van der Waals surface area (Å²) in [5, 5.41) is 12.6. The van der Waals surface area contributed by atoms with Gasteiger partial charge in [0.05, 0.1) is 11.4 Å². The Labute approximate surface area is 139 Å². The first-order valence-corrected chi connectivity index (χ1v) is 7.71. The third-order valence-electron chi connectivity index (χ3n) is 3.02. The number of aliphatic carboxylic acids is 1. The molecule has 9 heteroatoms. The standard InChI is InChI=1S/C15H13F3N2O3S/c16-15(17,18)7-10(14(22)23)20-13(21)11-8-24-12(19-11)6-9-4-2-1-3-5-9/h1-5,8,10H,6-7H2,(H,20,21)(H,22,23). The average Bonchev–Trinajstić information content (AvgIpc) is 2.94. The molecule has 0 saturated carbocycles. The van der Waals surface area contributed by atoms with E-state index in [1.54, 1.807) is 0 Å². The number of thiazole rings is 1. The van der Waals surface area contributed by atoms with Crippen molar-refractivity contribution >= 4 is 23.2 Å². The van der Waals surface area contributed by atoms with Crippen molar-refractivity contribution in [2.75, 3.05) is 0 Å². The topological polar surface area (TPSA) is 79.3 Å². The minimum absolute atomic E-state index is 0.0978. The Kier molecular flexibility index (Phi) is 5.55. The molecule has 24 heavy (non-hydrogen) atoms. The quantitative estimate of drug-likeness (QED) is 0.832. The van der Waals surface area contributed by atoms with Crippen LogP contribution in [0.1, 0.15) is 27.5 Å². The van der Waals surface area contributed by atoms with Gasteiger partial charge in [-0.25, -0.2) is 9.78 Å². The SMILES string of the molecule is O=C(NC(CC(F)(F)F)C(=O)O)c1csc(Cc2ccccc2)n1. The fourth-order valence-corrected chi connectivity index (χ4v) is 2.74. The van der Waals surface area contributed by atoms with Crippen LogP contribution in [0.25, 0.3) is 0 Å². The number of hydrogen-bond donors (Lipinski definition) is 2. The van der Waals surface area contributed by atoms with E-state index in [0.29, 0.717) is 11.4 Å². The van der Waals surface area contributed by atoms with Crippen LogP contribution in [0.15, 0.2) is 35.7 Å². The van der Waals surface area contributed by atoms with E-state index in [-0.39, 0.29) is 5.69 Å². The van der Waals surface area contributed by atoms with Crippen molar-refractivity contribution in [3.8, 4) is 0 Å². The molecule has 1 unspecified atom stereocenters. The highest BCUT2D eigenvalue weighted by molar-refractivity contribution is 7.09. The molecule has 0 aliphatic rings. The van der Waals surface area contributed by atoms with E-state index in [2.05, 4.69) is 4.98 Å². The Balaban J connectivity index is 2.03. The van der Waals surface area contributed by atoms with Crippen molar-refractivity contribution in [1.29, 1.82) is 0 Å². The second-order valence-electron chi connectivity index (χ2n) is 4.97. The molecule has 0 aliphatic heterocycles. The zero-order valence-corrected chi connectivity index (χ0v) is 13.0. The summed E-state index contributed by atoms with van der Waals surface area (Å²) in [4.78, 5) is 26.8. The zero-order valence-electron chi connectivity index (χ0n) is 12.2. The second kappa shape index (κ2) is 7.43. The number of nitrogens with zero attached hydrogens (tertiary/aromatic N) is 1. The number of carboxylic acids is 1. The lowest BCUT2D eigenvalue weighted by molar-refractivity contribution is -0.157. The summed E-state index contributed by atoms with van der Waals surface area (Å²) in [7, 11) is 0. The third kappa shape index (κ3) is 5.34. The predicted molar refractivity (Wildman–Crippen MR) is 80.9 cm³/mol. The molecule has 1 amide bonds. The Morgan fingerprint density at radius 2 is 1.92 bits per heavy atom. The van der Waals surface area contributed by atoms with Gasteiger partial charge in [-0.1, -0.05) is 30.3 Å². The molecule has 2 rings (SSSR count). The number of alkyl halides is 3. The summed E-state index contributed by atoms with van der Waals surface area (Å²) in [6, 6.07) is 7.28. The zero-order chi connectivity index (χ0) is 17.7. The van der Waals surface area contributed by atoms with Crippen LogP contribution in [0.3, 0.4) is 0 Å². The largest absolute Gasteiger partial charge is 0.480 e. The Hall–Kier alpha value is -2.42. The monoisotopic (exact) mass is 358 g/mol. The number of aromatic nitrogens is 1. The first kappa shape index (κ1) is 17.9. The highest BCUT2D eigenvalue weighted by Crippen LogP contribution is 2.22. The molecule has 0 bridgehead atoms. The summed E-state index contributed by atoms with van der Waals surface area (Å²) in [6.07, 6.45) is -5.87. The molecule has 0 saturated heterocycles. The number of carbonyl (C=O) groups excluding carboxylic acids is 1. The van der Waals surface area contributed by atoms with Crippen molar-refractivity contribution in [2.45, 2.75) is 25.1 Å². The number of halogens is 3. The maximum absolute atomic E-state index is 12.3. The lowest BCUT2D eigenvalue weighted by atomic mass is 10.2. The van der Waals surface area contributed by atoms with E-state index in [1.165, 1.54) is 16.7 Å². The van der Waals surface area contributed by atoms with E-state index < -0.39 is 30.5 Å². The fraction of sp³-hybridized carbons (Fsp3) is 0.267. The average molecular weight is 358 g/mol. The molecule has 1 heterocycles. The number of benzene rings is 1.